The number of likely N-dealkylation sites (tertiary alicyclic amines) is 1. The van der Waals surface area contributed by atoms with Crippen molar-refractivity contribution in [3.63, 3.8) is 0 Å². The standard InChI is InChI=1S/C14H28N2O/c1-3-15-14-7-5-4-6-12(14)10-16-9-8-13(11-16)17-2/h12-15H,3-11H2,1-2H3. The molecule has 0 radical (unpaired) electrons. The van der Waals surface area contributed by atoms with Crippen LogP contribution in [0, 0.1) is 5.92 Å². The second-order valence-corrected chi connectivity index (χ2v) is 5.61. The number of hydrogen-bond donors (Lipinski definition) is 1. The molecule has 1 saturated heterocycles. The van der Waals surface area contributed by atoms with Gasteiger partial charge in [0.25, 0.3) is 0 Å². The van der Waals surface area contributed by atoms with Gasteiger partial charge in [0.2, 0.25) is 0 Å². The zero-order valence-electron chi connectivity index (χ0n) is 11.5. The third kappa shape index (κ3) is 3.67. The number of nitrogens with one attached hydrogen (secondary N) is 1. The highest BCUT2D eigenvalue weighted by molar-refractivity contribution is 4.85. The van der Waals surface area contributed by atoms with Crippen LogP contribution in [-0.2, 0) is 4.74 Å². The number of methoxy groups -OCH3 is 1. The van der Waals surface area contributed by atoms with Crippen molar-refractivity contribution in [3.05, 3.63) is 0 Å². The lowest BCUT2D eigenvalue weighted by molar-refractivity contribution is 0.102. The molecule has 1 aliphatic carbocycles. The average molecular weight is 240 g/mol. The van der Waals surface area contributed by atoms with Gasteiger partial charge in [-0.2, -0.15) is 0 Å². The van der Waals surface area contributed by atoms with Crippen LogP contribution in [0.15, 0.2) is 0 Å². The minimum Gasteiger partial charge on any atom is -0.380 e. The molecule has 3 unspecified atom stereocenters. The van der Waals surface area contributed by atoms with Crippen molar-refractivity contribution in [2.24, 2.45) is 5.92 Å². The van der Waals surface area contributed by atoms with Crippen LogP contribution in [0.3, 0.4) is 0 Å². The van der Waals surface area contributed by atoms with Crippen molar-refractivity contribution in [2.75, 3.05) is 33.3 Å². The van der Waals surface area contributed by atoms with E-state index in [1.165, 1.54) is 45.2 Å². The van der Waals surface area contributed by atoms with Gasteiger partial charge in [0.1, 0.15) is 0 Å². The topological polar surface area (TPSA) is 24.5 Å². The lowest BCUT2D eigenvalue weighted by atomic mass is 9.84. The number of hydrogen-bond acceptors (Lipinski definition) is 3. The van der Waals surface area contributed by atoms with Crippen molar-refractivity contribution in [1.82, 2.24) is 10.2 Å². The van der Waals surface area contributed by atoms with Crippen LogP contribution in [0.5, 0.6) is 0 Å². The number of ether oxygens (including phenoxy) is 1. The second kappa shape index (κ2) is 6.72. The smallest absolute Gasteiger partial charge is 0.0710 e. The Balaban J connectivity index is 1.79. The molecule has 2 fully saturated rings. The molecule has 0 spiro atoms. The summed E-state index contributed by atoms with van der Waals surface area (Å²) < 4.78 is 5.45. The number of rotatable bonds is 5. The van der Waals surface area contributed by atoms with Gasteiger partial charge in [0, 0.05) is 32.8 Å². The number of nitrogens with zero attached hydrogens (tertiary/aromatic N) is 1. The first kappa shape index (κ1) is 13.3. The Hall–Kier alpha value is -0.120. The van der Waals surface area contributed by atoms with Crippen LogP contribution in [0.25, 0.3) is 0 Å². The molecule has 0 aromatic rings. The van der Waals surface area contributed by atoms with Crippen molar-refractivity contribution in [2.45, 2.75) is 51.2 Å². The van der Waals surface area contributed by atoms with E-state index in [0.717, 1.165) is 25.0 Å². The van der Waals surface area contributed by atoms with Crippen molar-refractivity contribution in [3.8, 4) is 0 Å². The maximum Gasteiger partial charge on any atom is 0.0710 e. The fraction of sp³-hybridized carbons (Fsp3) is 1.00. The fourth-order valence-electron chi connectivity index (χ4n) is 3.44. The molecule has 1 heterocycles. The van der Waals surface area contributed by atoms with E-state index in [1.54, 1.807) is 0 Å². The van der Waals surface area contributed by atoms with Crippen LogP contribution < -0.4 is 5.32 Å². The molecule has 3 heteroatoms. The molecule has 0 bridgehead atoms. The Morgan fingerprint density at radius 3 is 2.76 bits per heavy atom. The summed E-state index contributed by atoms with van der Waals surface area (Å²) in [7, 11) is 1.84. The normalized spacial score (nSPS) is 35.3. The first-order chi connectivity index (χ1) is 8.33. The van der Waals surface area contributed by atoms with Crippen LogP contribution in [-0.4, -0.2) is 50.3 Å². The summed E-state index contributed by atoms with van der Waals surface area (Å²) in [6, 6.07) is 0.760. The molecule has 3 atom stereocenters. The molecule has 0 amide bonds. The van der Waals surface area contributed by atoms with Gasteiger partial charge in [-0.15, -0.1) is 0 Å². The summed E-state index contributed by atoms with van der Waals surface area (Å²) in [6.45, 7) is 6.99. The molecule has 17 heavy (non-hydrogen) atoms. The van der Waals surface area contributed by atoms with E-state index in [1.807, 2.05) is 7.11 Å². The Morgan fingerprint density at radius 1 is 1.24 bits per heavy atom. The van der Waals surface area contributed by atoms with Crippen LogP contribution in [0.4, 0.5) is 0 Å². The second-order valence-electron chi connectivity index (χ2n) is 5.61. The summed E-state index contributed by atoms with van der Waals surface area (Å²) in [5.74, 6) is 0.860. The highest BCUT2D eigenvalue weighted by Gasteiger charge is 2.29. The summed E-state index contributed by atoms with van der Waals surface area (Å²) in [5.41, 5.74) is 0. The monoisotopic (exact) mass is 240 g/mol. The summed E-state index contributed by atoms with van der Waals surface area (Å²) in [4.78, 5) is 2.61. The fourth-order valence-corrected chi connectivity index (χ4v) is 3.44. The van der Waals surface area contributed by atoms with Crippen molar-refractivity contribution in [1.29, 1.82) is 0 Å². The Morgan fingerprint density at radius 2 is 2.06 bits per heavy atom. The SMILES string of the molecule is CCNC1CCCCC1CN1CCC(OC)C1. The molecular formula is C14H28N2O. The molecule has 0 aromatic heterocycles. The predicted molar refractivity (Wildman–Crippen MR) is 71.3 cm³/mol. The summed E-state index contributed by atoms with van der Waals surface area (Å²) >= 11 is 0. The van der Waals surface area contributed by atoms with Crippen molar-refractivity contribution < 1.29 is 4.74 Å². The Bertz CT molecular complexity index is 220. The van der Waals surface area contributed by atoms with E-state index in [4.69, 9.17) is 4.74 Å². The van der Waals surface area contributed by atoms with E-state index in [9.17, 15) is 0 Å². The van der Waals surface area contributed by atoms with Gasteiger partial charge < -0.3 is 15.0 Å². The van der Waals surface area contributed by atoms with Gasteiger partial charge in [0.05, 0.1) is 6.10 Å². The van der Waals surface area contributed by atoms with Crippen LogP contribution in [0.1, 0.15) is 39.0 Å². The van der Waals surface area contributed by atoms with E-state index in [-0.39, 0.29) is 0 Å². The summed E-state index contributed by atoms with van der Waals surface area (Å²) in [6.07, 6.45) is 7.32. The first-order valence-corrected chi connectivity index (χ1v) is 7.32. The van der Waals surface area contributed by atoms with Gasteiger partial charge >= 0.3 is 0 Å². The lowest BCUT2D eigenvalue weighted by Gasteiger charge is -2.34. The first-order valence-electron chi connectivity index (χ1n) is 7.32. The van der Waals surface area contributed by atoms with Gasteiger partial charge in [0.15, 0.2) is 0 Å². The molecule has 2 rings (SSSR count). The van der Waals surface area contributed by atoms with E-state index >= 15 is 0 Å². The largest absolute Gasteiger partial charge is 0.380 e. The van der Waals surface area contributed by atoms with Crippen LogP contribution in [0.2, 0.25) is 0 Å². The van der Waals surface area contributed by atoms with E-state index in [2.05, 4.69) is 17.1 Å². The highest BCUT2D eigenvalue weighted by atomic mass is 16.5. The molecule has 2 aliphatic rings. The summed E-state index contributed by atoms with van der Waals surface area (Å²) in [5, 5.41) is 3.68. The van der Waals surface area contributed by atoms with E-state index < -0.39 is 0 Å². The third-order valence-corrected chi connectivity index (χ3v) is 4.43. The zero-order chi connectivity index (χ0) is 12.1. The Labute approximate surface area is 106 Å². The average Bonchev–Trinajstić information content (AvgIpc) is 2.80. The molecule has 3 nitrogen and oxygen atoms in total. The van der Waals surface area contributed by atoms with Gasteiger partial charge in [-0.1, -0.05) is 19.8 Å². The van der Waals surface area contributed by atoms with E-state index in [0.29, 0.717) is 6.10 Å². The molecule has 0 aromatic carbocycles. The zero-order valence-corrected chi connectivity index (χ0v) is 11.5. The molecule has 100 valence electrons. The molecule has 1 saturated carbocycles. The van der Waals surface area contributed by atoms with Gasteiger partial charge in [-0.3, -0.25) is 0 Å². The predicted octanol–water partition coefficient (Wildman–Crippen LogP) is 1.88. The van der Waals surface area contributed by atoms with Gasteiger partial charge in [-0.05, 0) is 31.7 Å². The maximum absolute atomic E-state index is 5.45. The van der Waals surface area contributed by atoms with Gasteiger partial charge in [-0.25, -0.2) is 0 Å². The highest BCUT2D eigenvalue weighted by Crippen LogP contribution is 2.26. The van der Waals surface area contributed by atoms with Crippen molar-refractivity contribution >= 4 is 0 Å². The molecular weight excluding hydrogens is 212 g/mol. The minimum atomic E-state index is 0.483. The quantitative estimate of drug-likeness (QED) is 0.794. The maximum atomic E-state index is 5.45. The molecule has 1 N–H and O–H groups in total. The third-order valence-electron chi connectivity index (χ3n) is 4.43. The lowest BCUT2D eigenvalue weighted by Crippen LogP contribution is -2.43. The Kier molecular flexibility index (Phi) is 5.26. The minimum absolute atomic E-state index is 0.483. The molecule has 1 aliphatic heterocycles. The van der Waals surface area contributed by atoms with Crippen LogP contribution >= 0.6 is 0 Å².